The Hall–Kier alpha value is -1.70. The number of hydrogen-bond donors (Lipinski definition) is 2. The van der Waals surface area contributed by atoms with Gasteiger partial charge in [0.1, 0.15) is 12.0 Å². The average Bonchev–Trinajstić information content (AvgIpc) is 2.91. The van der Waals surface area contributed by atoms with Crippen molar-refractivity contribution in [3.8, 4) is 11.3 Å². The first-order chi connectivity index (χ1) is 9.92. The predicted octanol–water partition coefficient (Wildman–Crippen LogP) is 1.54. The molecule has 2 rings (SSSR count). The highest BCUT2D eigenvalue weighted by Gasteiger charge is 2.15. The normalized spacial score (nSPS) is 13.3. The highest BCUT2D eigenvalue weighted by Crippen LogP contribution is 2.20. The molecule has 0 saturated carbocycles. The van der Waals surface area contributed by atoms with Gasteiger partial charge in [0.05, 0.1) is 4.90 Å². The molecule has 0 spiro atoms. The van der Waals surface area contributed by atoms with Crippen LogP contribution >= 0.6 is 0 Å². The van der Waals surface area contributed by atoms with E-state index >= 15 is 0 Å². The Morgan fingerprint density at radius 3 is 2.48 bits per heavy atom. The van der Waals surface area contributed by atoms with E-state index in [0.29, 0.717) is 18.1 Å². The fraction of sp³-hybridized carbons (Fsp3) is 0.357. The molecule has 0 aliphatic rings. The van der Waals surface area contributed by atoms with Crippen LogP contribution in [0.4, 0.5) is 0 Å². The van der Waals surface area contributed by atoms with E-state index < -0.39 is 10.0 Å². The first-order valence-corrected chi connectivity index (χ1v) is 8.10. The molecule has 21 heavy (non-hydrogen) atoms. The van der Waals surface area contributed by atoms with E-state index in [1.807, 2.05) is 6.92 Å². The lowest BCUT2D eigenvalue weighted by molar-refractivity contribution is 0.521. The molecule has 6 nitrogen and oxygen atoms in total. The van der Waals surface area contributed by atoms with Gasteiger partial charge in [0.2, 0.25) is 10.0 Å². The minimum Gasteiger partial charge on any atom is -0.449 e. The quantitative estimate of drug-likeness (QED) is 0.845. The fourth-order valence-electron chi connectivity index (χ4n) is 1.72. The van der Waals surface area contributed by atoms with Gasteiger partial charge >= 0.3 is 0 Å². The Morgan fingerprint density at radius 1 is 1.29 bits per heavy atom. The number of nitrogens with one attached hydrogen (secondary N) is 2. The summed E-state index contributed by atoms with van der Waals surface area (Å²) in [4.78, 5) is 4.43. The lowest BCUT2D eigenvalue weighted by Gasteiger charge is -2.12. The molecule has 114 valence electrons. The molecule has 1 unspecified atom stereocenters. The van der Waals surface area contributed by atoms with Gasteiger partial charge in [-0.2, -0.15) is 0 Å². The van der Waals surface area contributed by atoms with Gasteiger partial charge in [0, 0.05) is 25.1 Å². The summed E-state index contributed by atoms with van der Waals surface area (Å²) in [5, 5.41) is 2.98. The highest BCUT2D eigenvalue weighted by molar-refractivity contribution is 7.89. The number of aromatic nitrogens is 1. The van der Waals surface area contributed by atoms with E-state index in [-0.39, 0.29) is 10.9 Å². The number of benzene rings is 1. The first kappa shape index (κ1) is 15.7. The highest BCUT2D eigenvalue weighted by atomic mass is 32.2. The minimum atomic E-state index is -3.49. The van der Waals surface area contributed by atoms with E-state index in [2.05, 4.69) is 15.0 Å². The third kappa shape index (κ3) is 3.90. The van der Waals surface area contributed by atoms with Crippen LogP contribution in [0.3, 0.4) is 0 Å². The van der Waals surface area contributed by atoms with Gasteiger partial charge < -0.3 is 9.73 Å². The Bertz CT molecular complexity index is 693. The van der Waals surface area contributed by atoms with Crippen LogP contribution in [0, 0.1) is 6.92 Å². The molecular formula is C14H19N3O3S. The summed E-state index contributed by atoms with van der Waals surface area (Å²) in [6, 6.07) is 6.62. The number of sulfonamides is 1. The van der Waals surface area contributed by atoms with E-state index in [0.717, 1.165) is 5.56 Å². The number of aryl methyl sites for hydroxylation is 1. The molecule has 0 amide bonds. The largest absolute Gasteiger partial charge is 0.449 e. The molecule has 0 aliphatic heterocycles. The predicted molar refractivity (Wildman–Crippen MR) is 80.4 cm³/mol. The maximum atomic E-state index is 12.1. The standard InChI is InChI=1S/C14H19N3O3S/c1-10(15-3)8-16-21(18,19)13-6-4-12(5-7-13)14-9-20-11(2)17-14/h4-7,9-10,15-16H,8H2,1-3H3. The molecule has 1 heterocycles. The number of rotatable bonds is 6. The molecule has 0 aliphatic carbocycles. The summed E-state index contributed by atoms with van der Waals surface area (Å²) in [7, 11) is -1.71. The van der Waals surface area contributed by atoms with Crippen LogP contribution in [-0.4, -0.2) is 33.0 Å². The zero-order valence-electron chi connectivity index (χ0n) is 12.3. The molecule has 1 aromatic heterocycles. The van der Waals surface area contributed by atoms with E-state index in [9.17, 15) is 8.42 Å². The van der Waals surface area contributed by atoms with Crippen molar-refractivity contribution in [1.29, 1.82) is 0 Å². The second-order valence-electron chi connectivity index (χ2n) is 4.82. The molecule has 0 bridgehead atoms. The second-order valence-corrected chi connectivity index (χ2v) is 6.58. The zero-order valence-corrected chi connectivity index (χ0v) is 13.1. The number of oxazole rings is 1. The van der Waals surface area contributed by atoms with Crippen LogP contribution < -0.4 is 10.0 Å². The van der Waals surface area contributed by atoms with Gasteiger partial charge in [-0.25, -0.2) is 18.1 Å². The summed E-state index contributed by atoms with van der Waals surface area (Å²) >= 11 is 0. The van der Waals surface area contributed by atoms with Crippen LogP contribution in [0.1, 0.15) is 12.8 Å². The smallest absolute Gasteiger partial charge is 0.240 e. The molecular weight excluding hydrogens is 290 g/mol. The molecule has 0 fully saturated rings. The molecule has 0 saturated heterocycles. The Labute approximate surface area is 124 Å². The molecule has 1 atom stereocenters. The van der Waals surface area contributed by atoms with Crippen molar-refractivity contribution in [2.45, 2.75) is 24.8 Å². The van der Waals surface area contributed by atoms with Crippen molar-refractivity contribution in [3.63, 3.8) is 0 Å². The second kappa shape index (κ2) is 6.38. The zero-order chi connectivity index (χ0) is 15.5. The summed E-state index contributed by atoms with van der Waals surface area (Å²) in [5.41, 5.74) is 1.50. The van der Waals surface area contributed by atoms with Gasteiger partial charge in [-0.3, -0.25) is 0 Å². The summed E-state index contributed by atoms with van der Waals surface area (Å²) in [5.74, 6) is 0.574. The van der Waals surface area contributed by atoms with Crippen LogP contribution in [0.15, 0.2) is 39.8 Å². The van der Waals surface area contributed by atoms with Gasteiger partial charge in [0.15, 0.2) is 5.89 Å². The van der Waals surface area contributed by atoms with Gasteiger partial charge in [0.25, 0.3) is 0 Å². The average molecular weight is 309 g/mol. The number of nitrogens with zero attached hydrogens (tertiary/aromatic N) is 1. The fourth-order valence-corrected chi connectivity index (χ4v) is 2.85. The minimum absolute atomic E-state index is 0.0668. The van der Waals surface area contributed by atoms with Crippen molar-refractivity contribution >= 4 is 10.0 Å². The van der Waals surface area contributed by atoms with Crippen molar-refractivity contribution in [3.05, 3.63) is 36.4 Å². The van der Waals surface area contributed by atoms with E-state index in [4.69, 9.17) is 4.42 Å². The van der Waals surface area contributed by atoms with Crippen LogP contribution in [-0.2, 0) is 10.0 Å². The van der Waals surface area contributed by atoms with Crippen LogP contribution in [0.2, 0.25) is 0 Å². The van der Waals surface area contributed by atoms with Gasteiger partial charge in [-0.15, -0.1) is 0 Å². The van der Waals surface area contributed by atoms with Crippen molar-refractivity contribution in [1.82, 2.24) is 15.0 Å². The summed E-state index contributed by atoms with van der Waals surface area (Å²) in [6.07, 6.45) is 1.55. The van der Waals surface area contributed by atoms with E-state index in [1.54, 1.807) is 44.5 Å². The SMILES string of the molecule is CNC(C)CNS(=O)(=O)c1ccc(-c2coc(C)n2)cc1. The number of likely N-dealkylation sites (N-methyl/N-ethyl adjacent to an activating group) is 1. The third-order valence-electron chi connectivity index (χ3n) is 3.15. The maximum absolute atomic E-state index is 12.1. The molecule has 2 N–H and O–H groups in total. The third-order valence-corrected chi connectivity index (χ3v) is 4.59. The number of hydrogen-bond acceptors (Lipinski definition) is 5. The first-order valence-electron chi connectivity index (χ1n) is 6.62. The molecule has 1 aromatic carbocycles. The van der Waals surface area contributed by atoms with Crippen LogP contribution in [0.5, 0.6) is 0 Å². The Kier molecular flexibility index (Phi) is 4.76. The molecule has 2 aromatic rings. The summed E-state index contributed by atoms with van der Waals surface area (Å²) < 4.78 is 32.0. The lowest BCUT2D eigenvalue weighted by atomic mass is 10.2. The van der Waals surface area contributed by atoms with Crippen molar-refractivity contribution in [2.75, 3.05) is 13.6 Å². The van der Waals surface area contributed by atoms with Gasteiger partial charge in [-0.1, -0.05) is 12.1 Å². The van der Waals surface area contributed by atoms with Gasteiger partial charge in [-0.05, 0) is 26.1 Å². The maximum Gasteiger partial charge on any atom is 0.240 e. The van der Waals surface area contributed by atoms with E-state index in [1.165, 1.54) is 0 Å². The van der Waals surface area contributed by atoms with Crippen molar-refractivity contribution < 1.29 is 12.8 Å². The van der Waals surface area contributed by atoms with Crippen molar-refractivity contribution in [2.24, 2.45) is 0 Å². The Morgan fingerprint density at radius 2 is 1.95 bits per heavy atom. The lowest BCUT2D eigenvalue weighted by Crippen LogP contribution is -2.37. The molecule has 0 radical (unpaired) electrons. The summed E-state index contributed by atoms with van der Waals surface area (Å²) in [6.45, 7) is 4.00. The monoisotopic (exact) mass is 309 g/mol. The Balaban J connectivity index is 2.14. The van der Waals surface area contributed by atoms with Crippen LogP contribution in [0.25, 0.3) is 11.3 Å². The molecule has 7 heteroatoms. The topological polar surface area (TPSA) is 84.2 Å².